The van der Waals surface area contributed by atoms with E-state index in [2.05, 4.69) is 16.0 Å². The first-order valence-electron chi connectivity index (χ1n) is 8.17. The molecule has 5 nitrogen and oxygen atoms in total. The maximum atomic E-state index is 12.7. The molecule has 2 aromatic carbocycles. The number of amides is 1. The largest absolute Gasteiger partial charge is 0.345 e. The van der Waals surface area contributed by atoms with Gasteiger partial charge in [0.2, 0.25) is 10.0 Å². The number of hydrogen-bond acceptors (Lipinski definition) is 4. The van der Waals surface area contributed by atoms with Gasteiger partial charge in [-0.25, -0.2) is 8.42 Å². The molecule has 3 rings (SSSR count). The molecule has 8 heteroatoms. The van der Waals surface area contributed by atoms with Crippen molar-refractivity contribution >= 4 is 39.3 Å². The number of rotatable bonds is 5. The Kier molecular flexibility index (Phi) is 6.12. The fourth-order valence-electron chi connectivity index (χ4n) is 2.78. The second-order valence-corrected chi connectivity index (χ2v) is 9.24. The Hall–Kier alpha value is -1.98. The number of nitrogens with one attached hydrogen (secondary N) is 2. The third kappa shape index (κ3) is 4.66. The van der Waals surface area contributed by atoms with Gasteiger partial charge in [-0.2, -0.15) is 4.72 Å². The molecular weight excluding hydrogens is 404 g/mol. The summed E-state index contributed by atoms with van der Waals surface area (Å²) in [5, 5.41) is 3.60. The third-order valence-corrected chi connectivity index (χ3v) is 6.84. The molecule has 0 radical (unpaired) electrons. The van der Waals surface area contributed by atoms with E-state index in [1.165, 1.54) is 18.2 Å². The van der Waals surface area contributed by atoms with Crippen LogP contribution in [0.3, 0.4) is 0 Å². The first-order valence-corrected chi connectivity index (χ1v) is 11.0. The van der Waals surface area contributed by atoms with Crippen LogP contribution in [0.15, 0.2) is 52.3 Å². The fraction of sp³-hybridized carbons (Fsp3) is 0.211. The summed E-state index contributed by atoms with van der Waals surface area (Å²) in [4.78, 5) is 13.8. The molecule has 2 aromatic rings. The lowest BCUT2D eigenvalue weighted by atomic mass is 10.0. The molecule has 27 heavy (non-hydrogen) atoms. The van der Waals surface area contributed by atoms with E-state index < -0.39 is 10.0 Å². The van der Waals surface area contributed by atoms with Crippen LogP contribution in [0.1, 0.15) is 28.4 Å². The SMILES string of the molecule is C#CCNS(=O)(=O)c1cccc(C(=O)NC2CCSc3ccc(Cl)cc32)c1. The molecule has 2 N–H and O–H groups in total. The molecule has 1 atom stereocenters. The first-order chi connectivity index (χ1) is 12.9. The summed E-state index contributed by atoms with van der Waals surface area (Å²) < 4.78 is 26.7. The van der Waals surface area contributed by atoms with Crippen molar-refractivity contribution in [2.45, 2.75) is 22.3 Å². The van der Waals surface area contributed by atoms with Crippen molar-refractivity contribution in [2.75, 3.05) is 12.3 Å². The van der Waals surface area contributed by atoms with Crippen LogP contribution in [-0.2, 0) is 10.0 Å². The minimum absolute atomic E-state index is 0.00644. The Morgan fingerprint density at radius 1 is 1.30 bits per heavy atom. The van der Waals surface area contributed by atoms with Gasteiger partial charge in [0.05, 0.1) is 17.5 Å². The molecule has 0 saturated heterocycles. The van der Waals surface area contributed by atoms with E-state index in [1.807, 2.05) is 18.2 Å². The normalized spacial score (nSPS) is 16.2. The van der Waals surface area contributed by atoms with Gasteiger partial charge >= 0.3 is 0 Å². The number of carbonyl (C=O) groups is 1. The number of fused-ring (bicyclic) bond motifs is 1. The standard InChI is InChI=1S/C19H17ClN2O3S2/c1-2-9-21-27(24,25)15-5-3-4-13(11-15)19(23)22-17-8-10-26-18-7-6-14(20)12-16(17)18/h1,3-7,11-12,17,21H,8-10H2,(H,22,23). The summed E-state index contributed by atoms with van der Waals surface area (Å²) in [7, 11) is -3.76. The molecule has 1 aliphatic heterocycles. The van der Waals surface area contributed by atoms with Crippen molar-refractivity contribution in [3.05, 3.63) is 58.6 Å². The lowest BCUT2D eigenvalue weighted by molar-refractivity contribution is 0.0934. The Bertz CT molecular complexity index is 1020. The van der Waals surface area contributed by atoms with Crippen molar-refractivity contribution in [3.63, 3.8) is 0 Å². The van der Waals surface area contributed by atoms with Crippen molar-refractivity contribution in [1.29, 1.82) is 0 Å². The van der Waals surface area contributed by atoms with Gasteiger partial charge in [0.15, 0.2) is 0 Å². The highest BCUT2D eigenvalue weighted by Gasteiger charge is 2.24. The maximum Gasteiger partial charge on any atom is 0.251 e. The topological polar surface area (TPSA) is 75.3 Å². The van der Waals surface area contributed by atoms with Crippen LogP contribution in [0.2, 0.25) is 5.02 Å². The van der Waals surface area contributed by atoms with Crippen LogP contribution in [0.5, 0.6) is 0 Å². The lowest BCUT2D eigenvalue weighted by Gasteiger charge is -2.26. The van der Waals surface area contributed by atoms with Crippen LogP contribution in [0.25, 0.3) is 0 Å². The molecule has 1 unspecified atom stereocenters. The lowest BCUT2D eigenvalue weighted by Crippen LogP contribution is -2.31. The Morgan fingerprint density at radius 3 is 2.89 bits per heavy atom. The smallest absolute Gasteiger partial charge is 0.251 e. The molecule has 0 bridgehead atoms. The molecule has 1 aliphatic rings. The average molecular weight is 421 g/mol. The summed E-state index contributed by atoms with van der Waals surface area (Å²) in [6.07, 6.45) is 5.86. The quantitative estimate of drug-likeness (QED) is 0.728. The zero-order valence-corrected chi connectivity index (χ0v) is 16.6. The Balaban J connectivity index is 1.81. The highest BCUT2D eigenvalue weighted by molar-refractivity contribution is 7.99. The van der Waals surface area contributed by atoms with Gasteiger partial charge in [0.1, 0.15) is 0 Å². The van der Waals surface area contributed by atoms with E-state index in [9.17, 15) is 13.2 Å². The van der Waals surface area contributed by atoms with Crippen molar-refractivity contribution in [1.82, 2.24) is 10.0 Å². The van der Waals surface area contributed by atoms with E-state index in [0.717, 1.165) is 22.6 Å². The summed E-state index contributed by atoms with van der Waals surface area (Å²) in [6, 6.07) is 11.3. The van der Waals surface area contributed by atoms with Crippen molar-refractivity contribution < 1.29 is 13.2 Å². The second-order valence-electron chi connectivity index (χ2n) is 5.90. The predicted octanol–water partition coefficient (Wildman–Crippen LogP) is 3.22. The first kappa shape index (κ1) is 19.8. The van der Waals surface area contributed by atoms with Gasteiger partial charge in [-0.15, -0.1) is 18.2 Å². The summed E-state index contributed by atoms with van der Waals surface area (Å²) in [5.74, 6) is 2.75. The monoisotopic (exact) mass is 420 g/mol. The third-order valence-electron chi connectivity index (χ3n) is 4.09. The van der Waals surface area contributed by atoms with Crippen LogP contribution >= 0.6 is 23.4 Å². The molecule has 0 saturated carbocycles. The molecule has 0 aromatic heterocycles. The Morgan fingerprint density at radius 2 is 2.11 bits per heavy atom. The van der Waals surface area contributed by atoms with Crippen LogP contribution in [0.4, 0.5) is 0 Å². The number of thioether (sulfide) groups is 1. The summed E-state index contributed by atoms with van der Waals surface area (Å²) in [6.45, 7) is -0.115. The number of sulfonamides is 1. The number of benzene rings is 2. The number of carbonyl (C=O) groups excluding carboxylic acids is 1. The molecule has 0 spiro atoms. The van der Waals surface area contributed by atoms with Gasteiger partial charge in [-0.05, 0) is 48.4 Å². The minimum Gasteiger partial charge on any atom is -0.345 e. The average Bonchev–Trinajstić information content (AvgIpc) is 2.67. The number of halogens is 1. The van der Waals surface area contributed by atoms with E-state index >= 15 is 0 Å². The molecule has 140 valence electrons. The van der Waals surface area contributed by atoms with Crippen LogP contribution in [0, 0.1) is 12.3 Å². The van der Waals surface area contributed by atoms with E-state index in [-0.39, 0.29) is 29.0 Å². The van der Waals surface area contributed by atoms with Crippen molar-refractivity contribution in [3.8, 4) is 12.3 Å². The van der Waals surface area contributed by atoms with Crippen LogP contribution < -0.4 is 10.0 Å². The summed E-state index contributed by atoms with van der Waals surface area (Å²) in [5.41, 5.74) is 1.24. The van der Waals surface area contributed by atoms with Gasteiger partial charge in [0.25, 0.3) is 5.91 Å². The summed E-state index contributed by atoms with van der Waals surface area (Å²) >= 11 is 7.82. The van der Waals surface area contributed by atoms with Crippen LogP contribution in [-0.4, -0.2) is 26.6 Å². The number of hydrogen-bond donors (Lipinski definition) is 2. The molecular formula is C19H17ClN2O3S2. The Labute approximate surface area is 167 Å². The number of terminal acetylenes is 1. The highest BCUT2D eigenvalue weighted by Crippen LogP contribution is 2.37. The molecule has 1 amide bonds. The predicted molar refractivity (Wildman–Crippen MR) is 107 cm³/mol. The van der Waals surface area contributed by atoms with E-state index in [0.29, 0.717) is 5.02 Å². The van der Waals surface area contributed by atoms with Gasteiger partial charge in [0, 0.05) is 21.2 Å². The van der Waals surface area contributed by atoms with E-state index in [1.54, 1.807) is 17.8 Å². The zero-order chi connectivity index (χ0) is 19.4. The van der Waals surface area contributed by atoms with Gasteiger partial charge in [-0.1, -0.05) is 23.6 Å². The second kappa shape index (κ2) is 8.36. The minimum atomic E-state index is -3.76. The molecule has 1 heterocycles. The zero-order valence-electron chi connectivity index (χ0n) is 14.2. The highest BCUT2D eigenvalue weighted by atomic mass is 35.5. The maximum absolute atomic E-state index is 12.7. The van der Waals surface area contributed by atoms with E-state index in [4.69, 9.17) is 18.0 Å². The molecule has 0 fully saturated rings. The van der Waals surface area contributed by atoms with Crippen molar-refractivity contribution in [2.24, 2.45) is 0 Å². The molecule has 0 aliphatic carbocycles. The van der Waals surface area contributed by atoms with Gasteiger partial charge in [-0.3, -0.25) is 4.79 Å². The van der Waals surface area contributed by atoms with Gasteiger partial charge < -0.3 is 5.32 Å². The fourth-order valence-corrected chi connectivity index (χ4v) is 5.05.